The number of nitrogens with one attached hydrogen (secondary N) is 1. The van der Waals surface area contributed by atoms with Crippen LogP contribution in [0.2, 0.25) is 0 Å². The van der Waals surface area contributed by atoms with E-state index in [0.717, 1.165) is 46.9 Å². The van der Waals surface area contributed by atoms with Crippen molar-refractivity contribution in [3.05, 3.63) is 119 Å². The Morgan fingerprint density at radius 3 is 2.42 bits per heavy atom. The second-order valence-corrected chi connectivity index (χ2v) is 11.9. The molecule has 2 atom stereocenters. The molecule has 9 heteroatoms. The summed E-state index contributed by atoms with van der Waals surface area (Å²) in [5.74, 6) is 1.70. The largest absolute Gasteiger partial charge is 0.493 e. The zero-order valence-corrected chi connectivity index (χ0v) is 26.4. The Morgan fingerprint density at radius 1 is 0.889 bits per heavy atom. The van der Waals surface area contributed by atoms with Crippen LogP contribution in [0.1, 0.15) is 45.8 Å². The molecule has 0 aliphatic carbocycles. The molecule has 2 amide bonds. The molecule has 234 valence electrons. The smallest absolute Gasteiger partial charge is 0.248 e. The molecule has 4 aromatic rings. The van der Waals surface area contributed by atoms with Crippen molar-refractivity contribution in [2.45, 2.75) is 37.0 Å². The van der Waals surface area contributed by atoms with E-state index in [1.54, 1.807) is 42.0 Å². The number of carbonyl (C=O) groups is 2. The molecule has 1 fully saturated rings. The number of thioether (sulfide) groups is 1. The molecule has 1 aliphatic heterocycles. The molecule has 0 radical (unpaired) electrons. The zero-order valence-electron chi connectivity index (χ0n) is 25.6. The Labute approximate surface area is 268 Å². The maximum Gasteiger partial charge on any atom is 0.248 e. The lowest BCUT2D eigenvalue weighted by Crippen LogP contribution is -2.32. The first kappa shape index (κ1) is 31.9. The average Bonchev–Trinajstić information content (AvgIpc) is 3.40. The van der Waals surface area contributed by atoms with Crippen LogP contribution in [0.25, 0.3) is 0 Å². The number of rotatable bonds is 15. The second kappa shape index (κ2) is 15.5. The summed E-state index contributed by atoms with van der Waals surface area (Å²) in [4.78, 5) is 27.6. The van der Waals surface area contributed by atoms with Gasteiger partial charge in [-0.3, -0.25) is 14.5 Å². The van der Waals surface area contributed by atoms with Gasteiger partial charge < -0.3 is 25.3 Å². The highest BCUT2D eigenvalue weighted by Gasteiger charge is 2.41. The predicted molar refractivity (Wildman–Crippen MR) is 179 cm³/mol. The first-order valence-corrected chi connectivity index (χ1v) is 16.1. The Balaban J connectivity index is 1.24. The van der Waals surface area contributed by atoms with Crippen LogP contribution in [-0.2, 0) is 17.8 Å². The predicted octanol–water partition coefficient (Wildman–Crippen LogP) is 6.14. The summed E-state index contributed by atoms with van der Waals surface area (Å²) in [5, 5.41) is 2.99. The second-order valence-electron chi connectivity index (χ2n) is 10.7. The van der Waals surface area contributed by atoms with Crippen molar-refractivity contribution in [2.75, 3.05) is 31.7 Å². The van der Waals surface area contributed by atoms with Crippen molar-refractivity contribution in [1.29, 1.82) is 0 Å². The van der Waals surface area contributed by atoms with Gasteiger partial charge in [-0.1, -0.05) is 54.6 Å². The summed E-state index contributed by atoms with van der Waals surface area (Å²) in [6, 6.07) is 30.8. The zero-order chi connectivity index (χ0) is 31.6. The lowest BCUT2D eigenvalue weighted by atomic mass is 10.1. The molecule has 1 aliphatic rings. The number of nitrogens with two attached hydrogens (primary N) is 1. The number of anilines is 1. The van der Waals surface area contributed by atoms with Gasteiger partial charge in [0.05, 0.1) is 19.0 Å². The van der Waals surface area contributed by atoms with Crippen molar-refractivity contribution in [3.8, 4) is 17.2 Å². The van der Waals surface area contributed by atoms with Gasteiger partial charge in [-0.25, -0.2) is 0 Å². The monoisotopic (exact) mass is 625 g/mol. The first-order valence-electron chi connectivity index (χ1n) is 15.1. The molecule has 5 rings (SSSR count). The fraction of sp³-hybridized carbons (Fsp3) is 0.278. The summed E-state index contributed by atoms with van der Waals surface area (Å²) in [6.07, 6.45) is 1.49. The average molecular weight is 626 g/mol. The fourth-order valence-corrected chi connectivity index (χ4v) is 6.70. The third-order valence-corrected chi connectivity index (χ3v) is 9.07. The number of ether oxygens (including phenoxy) is 3. The van der Waals surface area contributed by atoms with Gasteiger partial charge in [0, 0.05) is 11.3 Å². The van der Waals surface area contributed by atoms with Crippen LogP contribution in [-0.4, -0.2) is 43.9 Å². The minimum atomic E-state index is -0.529. The summed E-state index contributed by atoms with van der Waals surface area (Å²) >= 11 is 1.62. The molecule has 0 saturated carbocycles. The maximum absolute atomic E-state index is 13.9. The van der Waals surface area contributed by atoms with Gasteiger partial charge in [0.15, 0.2) is 11.5 Å². The van der Waals surface area contributed by atoms with E-state index in [4.69, 9.17) is 19.9 Å². The van der Waals surface area contributed by atoms with Crippen LogP contribution in [0.3, 0.4) is 0 Å². The van der Waals surface area contributed by atoms with E-state index >= 15 is 0 Å². The van der Waals surface area contributed by atoms with Crippen molar-refractivity contribution < 1.29 is 23.8 Å². The highest BCUT2D eigenvalue weighted by atomic mass is 32.2. The number of carbonyl (C=O) groups excluding carboxylic acids is 2. The van der Waals surface area contributed by atoms with Crippen LogP contribution in [0, 0.1) is 0 Å². The number of benzene rings is 4. The Bertz CT molecular complexity index is 1580. The van der Waals surface area contributed by atoms with Gasteiger partial charge in [0.1, 0.15) is 17.7 Å². The first-order chi connectivity index (χ1) is 22.0. The molecular weight excluding hydrogens is 586 g/mol. The van der Waals surface area contributed by atoms with Gasteiger partial charge in [0.25, 0.3) is 0 Å². The summed E-state index contributed by atoms with van der Waals surface area (Å²) in [7, 11) is 1.64. The molecule has 2 unspecified atom stereocenters. The van der Waals surface area contributed by atoms with E-state index in [1.807, 2.05) is 85.8 Å². The van der Waals surface area contributed by atoms with Crippen LogP contribution in [0.15, 0.2) is 97.1 Å². The summed E-state index contributed by atoms with van der Waals surface area (Å²) < 4.78 is 17.1. The summed E-state index contributed by atoms with van der Waals surface area (Å²) in [6.45, 7) is 4.45. The van der Waals surface area contributed by atoms with Crippen LogP contribution in [0.5, 0.6) is 17.2 Å². The van der Waals surface area contributed by atoms with Gasteiger partial charge in [-0.2, -0.15) is 0 Å². The SMILES string of the molecule is CCOc1cc(CCNCCC2SC(c3ccc(OCc4ccccc4)cc3)N(c3cccc(C(N)=O)c3)C2=O)ccc1OC. The van der Waals surface area contributed by atoms with Crippen molar-refractivity contribution >= 4 is 29.3 Å². The standard InChI is InChI=1S/C36H39N3O5S/c1-3-43-32-22-25(12-17-31(32)42-2)18-20-38-21-19-33-35(41)39(29-11-7-10-28(23-29)34(37)40)36(45-33)27-13-15-30(16-14-27)44-24-26-8-5-4-6-9-26/h4-17,22-23,33,36,38H,3,18-21,24H2,1-2H3,(H2,37,40). The molecule has 0 spiro atoms. The molecule has 0 aromatic heterocycles. The minimum Gasteiger partial charge on any atom is -0.493 e. The number of amides is 2. The number of nitrogens with zero attached hydrogens (tertiary/aromatic N) is 1. The molecule has 8 nitrogen and oxygen atoms in total. The Hall–Kier alpha value is -4.47. The quantitative estimate of drug-likeness (QED) is 0.153. The van der Waals surface area contributed by atoms with Crippen molar-refractivity contribution in [2.24, 2.45) is 5.73 Å². The van der Waals surface area contributed by atoms with E-state index < -0.39 is 5.91 Å². The van der Waals surface area contributed by atoms with Crippen LogP contribution >= 0.6 is 11.8 Å². The maximum atomic E-state index is 13.9. The lowest BCUT2D eigenvalue weighted by Gasteiger charge is -2.25. The topological polar surface area (TPSA) is 103 Å². The number of hydrogen-bond donors (Lipinski definition) is 2. The van der Waals surface area contributed by atoms with E-state index in [2.05, 4.69) is 5.32 Å². The van der Waals surface area contributed by atoms with E-state index in [1.165, 1.54) is 0 Å². The third kappa shape index (κ3) is 8.17. The lowest BCUT2D eigenvalue weighted by molar-refractivity contribution is -0.117. The van der Waals surface area contributed by atoms with Gasteiger partial charge >= 0.3 is 0 Å². The summed E-state index contributed by atoms with van der Waals surface area (Å²) in [5.41, 5.74) is 9.80. The van der Waals surface area contributed by atoms with E-state index in [-0.39, 0.29) is 16.5 Å². The van der Waals surface area contributed by atoms with Crippen LogP contribution < -0.4 is 30.2 Å². The number of methoxy groups -OCH3 is 1. The Kier molecular flexibility index (Phi) is 11.0. The molecule has 1 heterocycles. The molecule has 0 bridgehead atoms. The van der Waals surface area contributed by atoms with Crippen molar-refractivity contribution in [1.82, 2.24) is 5.32 Å². The fourth-order valence-electron chi connectivity index (χ4n) is 5.24. The van der Waals surface area contributed by atoms with Crippen LogP contribution in [0.4, 0.5) is 5.69 Å². The van der Waals surface area contributed by atoms with E-state index in [9.17, 15) is 9.59 Å². The highest BCUT2D eigenvalue weighted by molar-refractivity contribution is 8.01. The Morgan fingerprint density at radius 2 is 1.69 bits per heavy atom. The minimum absolute atomic E-state index is 0.00864. The number of primary amides is 1. The third-order valence-electron chi connectivity index (χ3n) is 7.56. The van der Waals surface area contributed by atoms with E-state index in [0.29, 0.717) is 37.4 Å². The molecular formula is C36H39N3O5S. The van der Waals surface area contributed by atoms with Crippen molar-refractivity contribution in [3.63, 3.8) is 0 Å². The molecule has 4 aromatic carbocycles. The molecule has 1 saturated heterocycles. The molecule has 3 N–H and O–H groups in total. The van der Waals surface area contributed by atoms with Gasteiger partial charge in [0.2, 0.25) is 11.8 Å². The van der Waals surface area contributed by atoms with Gasteiger partial charge in [-0.15, -0.1) is 11.8 Å². The number of hydrogen-bond acceptors (Lipinski definition) is 7. The normalized spacial score (nSPS) is 16.0. The molecule has 45 heavy (non-hydrogen) atoms. The van der Waals surface area contributed by atoms with Gasteiger partial charge in [-0.05, 0) is 92.0 Å². The highest BCUT2D eigenvalue weighted by Crippen LogP contribution is 2.47.